The van der Waals surface area contributed by atoms with Gasteiger partial charge in [0.2, 0.25) is 5.91 Å². The SMILES string of the molecule is CO[C@@H](C)c1ncc(N2CCN(C3CC3)CC2)cc1-c1c2c3cc(ccc3n1CCO[C@H]1CCOC(C)(C)C1)-c1csc(n1)[C@@H](N1CCC1)[C@H](NC(=O)C1[C@@H](C)[C@H]1C)C(=O)N1CCC[C@H](N1)C(=O)OCC(C)(C)C2. The Morgan fingerprint density at radius 3 is 2.46 bits per heavy atom. The van der Waals surface area contributed by atoms with Crippen molar-refractivity contribution < 1.29 is 33.3 Å². The third-order valence-electron chi connectivity index (χ3n) is 17.5. The molecule has 2 N–H and O–H groups in total. The van der Waals surface area contributed by atoms with Crippen LogP contribution in [-0.4, -0.2) is 150 Å². The Kier molecular flexibility index (Phi) is 14.5. The summed E-state index contributed by atoms with van der Waals surface area (Å²) in [6.07, 6.45) is 8.78. The highest BCUT2D eigenvalue weighted by atomic mass is 32.1. The lowest BCUT2D eigenvalue weighted by atomic mass is 9.84. The van der Waals surface area contributed by atoms with Crippen LogP contribution in [0.25, 0.3) is 33.4 Å². The molecule has 17 heteroatoms. The lowest BCUT2D eigenvalue weighted by Gasteiger charge is -2.43. The number of methoxy groups -OCH3 is 1. The second kappa shape index (κ2) is 20.8. The fourth-order valence-corrected chi connectivity index (χ4v) is 13.5. The smallest absolute Gasteiger partial charge is 0.324 e. The summed E-state index contributed by atoms with van der Waals surface area (Å²) in [6, 6.07) is 7.61. The Morgan fingerprint density at radius 2 is 1.76 bits per heavy atom. The van der Waals surface area contributed by atoms with E-state index >= 15 is 4.79 Å². The molecule has 2 aliphatic carbocycles. The molecule has 4 saturated heterocycles. The van der Waals surface area contributed by atoms with Crippen LogP contribution in [0.15, 0.2) is 35.8 Å². The first kappa shape index (κ1) is 51.6. The average molecular weight is 1030 g/mol. The van der Waals surface area contributed by atoms with E-state index in [1.807, 2.05) is 6.20 Å². The molecule has 74 heavy (non-hydrogen) atoms. The van der Waals surface area contributed by atoms with E-state index in [0.29, 0.717) is 45.6 Å². The minimum absolute atomic E-state index is 0.0804. The Morgan fingerprint density at radius 1 is 0.973 bits per heavy atom. The first-order valence-electron chi connectivity index (χ1n) is 27.7. The first-order chi connectivity index (χ1) is 35.6. The van der Waals surface area contributed by atoms with Gasteiger partial charge in [-0.1, -0.05) is 33.8 Å². The number of carbonyl (C=O) groups excluding carboxylic acids is 3. The number of hydrogen-bond acceptors (Lipinski definition) is 14. The van der Waals surface area contributed by atoms with Gasteiger partial charge >= 0.3 is 5.97 Å². The van der Waals surface area contributed by atoms with Gasteiger partial charge in [0.05, 0.1) is 66.0 Å². The number of pyridine rings is 1. The predicted molar refractivity (Wildman–Crippen MR) is 287 cm³/mol. The molecule has 4 aromatic rings. The average Bonchev–Trinajstić information content (AvgIpc) is 4.24. The highest BCUT2D eigenvalue weighted by Crippen LogP contribution is 2.47. The molecule has 8 heterocycles. The van der Waals surface area contributed by atoms with Crippen LogP contribution in [-0.2, 0) is 46.3 Å². The third-order valence-corrected chi connectivity index (χ3v) is 18.4. The maximum Gasteiger partial charge on any atom is 0.324 e. The van der Waals surface area contributed by atoms with E-state index in [-0.39, 0.29) is 54.0 Å². The summed E-state index contributed by atoms with van der Waals surface area (Å²) < 4.78 is 27.8. The fourth-order valence-electron chi connectivity index (χ4n) is 12.5. The topological polar surface area (TPSA) is 156 Å². The monoisotopic (exact) mass is 1030 g/mol. The molecule has 1 aromatic carbocycles. The first-order valence-corrected chi connectivity index (χ1v) is 28.6. The van der Waals surface area contributed by atoms with Crippen molar-refractivity contribution in [2.24, 2.45) is 23.2 Å². The van der Waals surface area contributed by atoms with Crippen molar-refractivity contribution >= 4 is 45.7 Å². The zero-order valence-corrected chi connectivity index (χ0v) is 45.8. The highest BCUT2D eigenvalue weighted by Gasteiger charge is 2.51. The molecule has 7 aliphatic rings. The Bertz CT molecular complexity index is 2720. The molecule has 6 fully saturated rings. The molecule has 2 amide bonds. The number of hydrazine groups is 1. The number of hydrogen-bond donors (Lipinski definition) is 2. The zero-order chi connectivity index (χ0) is 51.6. The molecular weight excluding hydrogens is 955 g/mol. The maximum atomic E-state index is 15.0. The van der Waals surface area contributed by atoms with Crippen LogP contribution in [0.4, 0.5) is 5.69 Å². The van der Waals surface area contributed by atoms with Gasteiger partial charge in [0.25, 0.3) is 5.91 Å². The minimum atomic E-state index is -0.919. The molecule has 0 radical (unpaired) electrons. The van der Waals surface area contributed by atoms with Crippen LogP contribution in [0, 0.1) is 23.2 Å². The third kappa shape index (κ3) is 10.5. The molecule has 400 valence electrons. The van der Waals surface area contributed by atoms with Crippen LogP contribution in [0.5, 0.6) is 0 Å². The number of likely N-dealkylation sites (tertiary alicyclic amines) is 1. The number of rotatable bonds is 12. The molecule has 0 spiro atoms. The number of amides is 2. The lowest BCUT2D eigenvalue weighted by Crippen LogP contribution is -2.63. The molecule has 1 unspecified atom stereocenters. The van der Waals surface area contributed by atoms with E-state index in [1.54, 1.807) is 12.1 Å². The fraction of sp³-hybridized carbons (Fsp3) is 0.667. The van der Waals surface area contributed by atoms with Crippen molar-refractivity contribution in [1.82, 2.24) is 40.1 Å². The number of cyclic esters (lactones) is 1. The Labute approximate surface area is 441 Å². The van der Waals surface area contributed by atoms with E-state index in [0.717, 1.165) is 120 Å². The van der Waals surface area contributed by atoms with E-state index in [2.05, 4.69) is 108 Å². The number of carbonyl (C=O) groups is 3. The number of fused-ring (bicyclic) bond motifs is 6. The van der Waals surface area contributed by atoms with Gasteiger partial charge in [-0.15, -0.1) is 11.3 Å². The molecule has 16 nitrogen and oxygen atoms in total. The Balaban J connectivity index is 1.06. The molecule has 8 atom stereocenters. The molecular formula is C57H79N9O7S. The number of esters is 1. The number of nitrogens with zero attached hydrogens (tertiary/aromatic N) is 7. The van der Waals surface area contributed by atoms with Crippen molar-refractivity contribution in [1.29, 1.82) is 0 Å². The summed E-state index contributed by atoms with van der Waals surface area (Å²) in [5.74, 6) is -0.455. The van der Waals surface area contributed by atoms with Gasteiger partial charge in [-0.05, 0) is 101 Å². The van der Waals surface area contributed by atoms with Crippen molar-refractivity contribution in [3.63, 3.8) is 0 Å². The normalized spacial score (nSPS) is 29.1. The van der Waals surface area contributed by atoms with Crippen LogP contribution in [0.3, 0.4) is 0 Å². The highest BCUT2D eigenvalue weighted by molar-refractivity contribution is 7.10. The van der Waals surface area contributed by atoms with Gasteiger partial charge in [-0.3, -0.25) is 34.2 Å². The molecule has 6 bridgehead atoms. The number of ether oxygens (including phenoxy) is 4. The summed E-state index contributed by atoms with van der Waals surface area (Å²) in [5, 5.41) is 8.79. The van der Waals surface area contributed by atoms with Gasteiger partial charge in [0.1, 0.15) is 17.1 Å². The number of thiazole rings is 1. The Hall–Kier alpha value is -4.49. The second-order valence-corrected chi connectivity index (χ2v) is 24.9. The number of anilines is 1. The summed E-state index contributed by atoms with van der Waals surface area (Å²) in [7, 11) is 1.75. The quantitative estimate of drug-likeness (QED) is 0.134. The molecule has 2 saturated carbocycles. The summed E-state index contributed by atoms with van der Waals surface area (Å²) in [5.41, 5.74) is 10.5. The number of aromatic nitrogens is 3. The van der Waals surface area contributed by atoms with Gasteiger partial charge in [0, 0.05) is 117 Å². The van der Waals surface area contributed by atoms with E-state index in [4.69, 9.17) is 28.9 Å². The van der Waals surface area contributed by atoms with Crippen molar-refractivity contribution in [3.8, 4) is 22.5 Å². The van der Waals surface area contributed by atoms with Crippen LogP contribution in [0.1, 0.15) is 122 Å². The number of nitrogens with one attached hydrogen (secondary N) is 2. The predicted octanol–water partition coefficient (Wildman–Crippen LogP) is 7.55. The largest absolute Gasteiger partial charge is 0.464 e. The minimum Gasteiger partial charge on any atom is -0.464 e. The van der Waals surface area contributed by atoms with E-state index in [1.165, 1.54) is 24.2 Å². The van der Waals surface area contributed by atoms with Crippen LogP contribution < -0.4 is 15.6 Å². The van der Waals surface area contributed by atoms with Gasteiger partial charge < -0.3 is 33.7 Å². The van der Waals surface area contributed by atoms with Crippen LogP contribution in [0.2, 0.25) is 0 Å². The van der Waals surface area contributed by atoms with Crippen LogP contribution >= 0.6 is 11.3 Å². The van der Waals surface area contributed by atoms with E-state index in [9.17, 15) is 9.59 Å². The van der Waals surface area contributed by atoms with Crippen molar-refractivity contribution in [3.05, 3.63) is 52.1 Å². The van der Waals surface area contributed by atoms with Gasteiger partial charge in [-0.2, -0.15) is 0 Å². The zero-order valence-electron chi connectivity index (χ0n) is 45.0. The van der Waals surface area contributed by atoms with Crippen molar-refractivity contribution in [2.45, 2.75) is 148 Å². The standard InChI is InChI=1S/C57H79N9O7S/c1-34-35(2)47(34)52(67)60-49-51(64-17-10-18-64)53-59-45(32-74-53)37-12-15-46-41(27-37)43(30-56(4,5)33-72-55(69)44-11-9-19-66(61-44)54(49)68)50(65(46)24-26-71-40-16-25-73-57(6,7)29-40)42-28-39(31-58-48(42)36(3)70-8)63-22-20-62(21-23-63)38-13-14-38/h12,15,27-28,31-32,34-36,38,40,44,47,49,51,61H,9-11,13-14,16-26,29-30,33H2,1-8H3,(H,60,67)/t34-,35+,36-,40-,44-,47?,49-,51-/m0/s1. The molecule has 3 aromatic heterocycles. The molecule has 11 rings (SSSR count). The van der Waals surface area contributed by atoms with Crippen molar-refractivity contribution in [2.75, 3.05) is 77.6 Å². The molecule has 5 aliphatic heterocycles. The van der Waals surface area contributed by atoms with Gasteiger partial charge in [0.15, 0.2) is 0 Å². The summed E-state index contributed by atoms with van der Waals surface area (Å²) >= 11 is 1.54. The maximum absolute atomic E-state index is 15.0. The summed E-state index contributed by atoms with van der Waals surface area (Å²) in [4.78, 5) is 61.5. The number of benzene rings is 1. The second-order valence-electron chi connectivity index (χ2n) is 24.0. The van der Waals surface area contributed by atoms with Gasteiger partial charge in [-0.25, -0.2) is 10.4 Å². The summed E-state index contributed by atoms with van der Waals surface area (Å²) in [6.45, 7) is 22.7. The van der Waals surface area contributed by atoms with E-state index < -0.39 is 29.5 Å². The lowest BCUT2D eigenvalue weighted by molar-refractivity contribution is -0.156. The number of piperazine rings is 1.